The number of Topliss-reactive ketones (excluding diaryl/α,β-unsaturated/α-hetero) is 1. The lowest BCUT2D eigenvalue weighted by Gasteiger charge is -2.63. The second-order valence-electron chi connectivity index (χ2n) is 20.8. The number of hydrogen-bond donors (Lipinski definition) is 6. The molecule has 4 fully saturated rings. The summed E-state index contributed by atoms with van der Waals surface area (Å²) in [6.45, 7) is 9.06. The molecule has 14 atom stereocenters. The van der Waals surface area contributed by atoms with Crippen molar-refractivity contribution in [2.75, 3.05) is 32.2 Å². The maximum Gasteiger partial charge on any atom is 0.305 e. The molecule has 1 aliphatic heterocycles. The number of alkyl halides is 2. The smallest absolute Gasteiger partial charge is 0.305 e. The van der Waals surface area contributed by atoms with Crippen molar-refractivity contribution in [2.45, 2.75) is 145 Å². The van der Waals surface area contributed by atoms with Crippen LogP contribution in [0.5, 0.6) is 5.75 Å². The first kappa shape index (κ1) is 56.2. The van der Waals surface area contributed by atoms with Crippen LogP contribution in [0, 0.1) is 22.7 Å². The summed E-state index contributed by atoms with van der Waals surface area (Å²) in [4.78, 5) is 90.8. The van der Waals surface area contributed by atoms with E-state index in [1.165, 1.54) is 63.7 Å². The van der Waals surface area contributed by atoms with Crippen LogP contribution in [0.2, 0.25) is 0 Å². The van der Waals surface area contributed by atoms with Crippen LogP contribution in [0.25, 0.3) is 0 Å². The number of carboxylic acids is 1. The Bertz CT molecular complexity index is 2600. The van der Waals surface area contributed by atoms with E-state index < -0.39 is 124 Å². The molecule has 1 heterocycles. The Kier molecular flexibility index (Phi) is 16.7. The second-order valence-corrected chi connectivity index (χ2v) is 22.5. The Morgan fingerprint density at radius 3 is 2.31 bits per heavy atom. The van der Waals surface area contributed by atoms with Gasteiger partial charge in [0, 0.05) is 47.6 Å². The summed E-state index contributed by atoms with van der Waals surface area (Å²) in [5, 5.41) is 38.5. The van der Waals surface area contributed by atoms with Crippen LogP contribution in [-0.4, -0.2) is 136 Å². The van der Waals surface area contributed by atoms with Crippen LogP contribution in [0.3, 0.4) is 0 Å². The number of methoxy groups -OCH3 is 1. The Balaban J connectivity index is 0.947. The molecule has 4 aliphatic carbocycles. The molecule has 5 aliphatic rings. The Morgan fingerprint density at radius 2 is 1.66 bits per heavy atom. The van der Waals surface area contributed by atoms with Gasteiger partial charge in [0.1, 0.15) is 30.6 Å². The van der Waals surface area contributed by atoms with E-state index in [9.17, 15) is 48.9 Å². The first-order valence-corrected chi connectivity index (χ1v) is 26.0. The zero-order valence-electron chi connectivity index (χ0n) is 42.9. The van der Waals surface area contributed by atoms with E-state index in [1.54, 1.807) is 31.2 Å². The minimum absolute atomic E-state index is 0.00661. The number of ketones is 2. The molecule has 2 unspecified atom stereocenters. The van der Waals surface area contributed by atoms with Crippen LogP contribution < -0.4 is 25.6 Å². The third kappa shape index (κ3) is 10.2. The number of ether oxygens (including phenoxy) is 3. The maximum absolute atomic E-state index is 17.8. The number of carbonyl (C=O) groups is 7. The number of amides is 4. The highest BCUT2D eigenvalue weighted by molar-refractivity contribution is 8.01. The van der Waals surface area contributed by atoms with Gasteiger partial charge >= 0.3 is 5.97 Å². The number of benzene rings is 2. The van der Waals surface area contributed by atoms with Gasteiger partial charge in [-0.2, -0.15) is 0 Å². The van der Waals surface area contributed by atoms with Gasteiger partial charge in [0.2, 0.25) is 23.6 Å². The summed E-state index contributed by atoms with van der Waals surface area (Å²) in [5.74, 6) is -5.72. The number of allylic oxidation sites excluding steroid dienone is 4. The van der Waals surface area contributed by atoms with Crippen molar-refractivity contribution in [3.63, 3.8) is 0 Å². The predicted molar refractivity (Wildman–Crippen MR) is 269 cm³/mol. The minimum Gasteiger partial charge on any atom is -0.495 e. The molecule has 4 amide bonds. The molecule has 6 N–H and O–H groups in total. The van der Waals surface area contributed by atoms with Crippen molar-refractivity contribution in [3.05, 3.63) is 83.0 Å². The number of rotatable bonds is 20. The van der Waals surface area contributed by atoms with E-state index in [0.29, 0.717) is 23.4 Å². The van der Waals surface area contributed by atoms with Crippen LogP contribution in [0.15, 0.2) is 66.3 Å². The van der Waals surface area contributed by atoms with Gasteiger partial charge < -0.3 is 50.4 Å². The molecule has 0 radical (unpaired) electrons. The molecular formula is C54H68F2N4O13S. The summed E-state index contributed by atoms with van der Waals surface area (Å²) in [6.07, 6.45) is -1.43. The number of thioether (sulfide) groups is 1. The molecule has 0 spiro atoms. The summed E-state index contributed by atoms with van der Waals surface area (Å²) >= 11 is 1.25. The molecule has 2 aromatic rings. The Morgan fingerprint density at radius 1 is 0.973 bits per heavy atom. The number of aliphatic carboxylic acids is 1. The standard InChI is InChI=1S/C54H68F2N4O13S/c1-9-28(2)74-41(25-46(66)67)48(69)57-19-17-45(65)58-29(3)47(68)59-30(4)49(70)60(7)39-15-12-32(21-40(39)71-8)20-31-10-13-33(14-11-31)50-72-44-24-35-36-23-38(55)37-22-34(62)16-18-51(37,5)53(36,56)42(63)26-52(35,6)54(44,73-50)43(64)27-61/h10-16,18,21-22,28-30,35-36,38,41-42,44,50,61,63H,9,17,19-20,23-27H2,1-8H3,(H,57,69)(H,58,65)(H,59,68)(H,66,67)/t28?,29-,30-,35-,36-,38-,41?,42-,44+,50+,51-,52-,53-,54+/m0/s1. The third-order valence-electron chi connectivity index (χ3n) is 16.3. The van der Waals surface area contributed by atoms with Crippen LogP contribution in [-0.2, 0) is 49.5 Å². The fourth-order valence-electron chi connectivity index (χ4n) is 12.2. The third-order valence-corrected chi connectivity index (χ3v) is 17.8. The van der Waals surface area contributed by atoms with Gasteiger partial charge in [0.05, 0.1) is 36.7 Å². The number of nitrogens with one attached hydrogen (secondary N) is 3. The number of carbonyl (C=O) groups excluding carboxylic acids is 6. The van der Waals surface area contributed by atoms with Gasteiger partial charge in [-0.15, -0.1) is 11.8 Å². The molecule has 17 nitrogen and oxygen atoms in total. The molecule has 3 saturated carbocycles. The minimum atomic E-state index is -2.36. The lowest BCUT2D eigenvalue weighted by molar-refractivity contribution is -0.235. The number of carboxylic acid groups (broad SMARTS) is 1. The number of anilines is 1. The molecule has 74 heavy (non-hydrogen) atoms. The van der Waals surface area contributed by atoms with Crippen molar-refractivity contribution in [1.82, 2.24) is 16.0 Å². The summed E-state index contributed by atoms with van der Waals surface area (Å²) < 4.78 is 52.6. The Labute approximate surface area is 433 Å². The van der Waals surface area contributed by atoms with Crippen molar-refractivity contribution in [2.24, 2.45) is 22.7 Å². The average molecular weight is 1050 g/mol. The van der Waals surface area contributed by atoms with E-state index in [1.807, 2.05) is 32.0 Å². The normalized spacial score (nSPS) is 31.2. The summed E-state index contributed by atoms with van der Waals surface area (Å²) in [5.41, 5.74) is -4.33. The zero-order valence-corrected chi connectivity index (χ0v) is 43.8. The number of halogens is 2. The van der Waals surface area contributed by atoms with Gasteiger partial charge in [-0.05, 0) is 99.8 Å². The largest absolute Gasteiger partial charge is 0.495 e. The number of aliphatic hydroxyl groups excluding tert-OH is 2. The van der Waals surface area contributed by atoms with Crippen molar-refractivity contribution in [3.8, 4) is 5.75 Å². The maximum atomic E-state index is 17.8. The van der Waals surface area contributed by atoms with E-state index in [2.05, 4.69) is 16.0 Å². The quantitative estimate of drug-likeness (QED) is 0.105. The molecule has 0 aromatic heterocycles. The van der Waals surface area contributed by atoms with Crippen molar-refractivity contribution >= 4 is 58.6 Å². The highest BCUT2D eigenvalue weighted by Crippen LogP contribution is 2.72. The van der Waals surface area contributed by atoms with Crippen LogP contribution in [0.1, 0.15) is 103 Å². The lowest BCUT2D eigenvalue weighted by Crippen LogP contribution is -2.70. The molecule has 0 bridgehead atoms. The first-order valence-electron chi connectivity index (χ1n) is 25.1. The predicted octanol–water partition coefficient (Wildman–Crippen LogP) is 4.78. The van der Waals surface area contributed by atoms with Gasteiger partial charge in [0.25, 0.3) is 0 Å². The molecule has 7 rings (SSSR count). The highest BCUT2D eigenvalue weighted by Gasteiger charge is 2.80. The number of likely N-dealkylation sites (N-methyl/N-ethyl adjacent to an activating group) is 1. The van der Waals surface area contributed by atoms with Gasteiger partial charge in [-0.1, -0.05) is 57.2 Å². The lowest BCUT2D eigenvalue weighted by atomic mass is 9.44. The van der Waals surface area contributed by atoms with Gasteiger partial charge in [-0.25, -0.2) is 8.78 Å². The molecule has 2 aromatic carbocycles. The first-order chi connectivity index (χ1) is 34.9. The monoisotopic (exact) mass is 1050 g/mol. The van der Waals surface area contributed by atoms with E-state index >= 15 is 8.78 Å². The number of hydrogen-bond acceptors (Lipinski definition) is 13. The van der Waals surface area contributed by atoms with Crippen LogP contribution >= 0.6 is 11.8 Å². The molecule has 1 saturated heterocycles. The van der Waals surface area contributed by atoms with Gasteiger partial charge in [0.15, 0.2) is 29.1 Å². The number of nitrogens with zero attached hydrogens (tertiary/aromatic N) is 1. The summed E-state index contributed by atoms with van der Waals surface area (Å²) in [6, 6.07) is 10.6. The molecular weight excluding hydrogens is 983 g/mol. The zero-order chi connectivity index (χ0) is 54.2. The SMILES string of the molecule is CCC(C)SC(CC(=O)O)C(=O)NCCC(=O)N[C@@H](C)C(=O)N[C@@H](C)C(=O)N(C)c1ccc(Cc2ccc([C@@H]3O[C@@H]4C[C@H]5[C@@H]6C[C@H](F)C7=CC(=O)C=C[C@]7(C)[C@@]6(F)[C@@H](O)C[C@]5(C)[C@]4(C(=O)CO)O3)cc2)cc1OC. The fraction of sp³-hybridized carbons (Fsp3) is 0.574. The molecule has 20 heteroatoms. The van der Waals surface area contributed by atoms with E-state index in [4.69, 9.17) is 14.2 Å². The molecule has 402 valence electrons. The Hall–Kier alpha value is -5.54. The number of aliphatic hydroxyl groups is 2. The summed E-state index contributed by atoms with van der Waals surface area (Å²) in [7, 11) is 3.00. The van der Waals surface area contributed by atoms with E-state index in [-0.39, 0.29) is 49.5 Å². The van der Waals surface area contributed by atoms with E-state index in [0.717, 1.165) is 23.6 Å². The van der Waals surface area contributed by atoms with Gasteiger partial charge in [-0.3, -0.25) is 33.6 Å². The average Bonchev–Trinajstić information content (AvgIpc) is 3.87. The second kappa shape index (κ2) is 22.0. The topological polar surface area (TPSA) is 247 Å². The van der Waals surface area contributed by atoms with Crippen LogP contribution in [0.4, 0.5) is 14.5 Å². The highest BCUT2D eigenvalue weighted by atomic mass is 32.2. The van der Waals surface area contributed by atoms with Crippen molar-refractivity contribution in [1.29, 1.82) is 0 Å². The fourth-order valence-corrected chi connectivity index (χ4v) is 13.4. The van der Waals surface area contributed by atoms with Crippen molar-refractivity contribution < 1.29 is 71.9 Å². The number of fused-ring (bicyclic) bond motifs is 7.